The van der Waals surface area contributed by atoms with Gasteiger partial charge in [-0.05, 0) is 61.6 Å². The summed E-state index contributed by atoms with van der Waals surface area (Å²) in [6.45, 7) is 8.27. The molecule has 0 radical (unpaired) electrons. The van der Waals surface area contributed by atoms with E-state index in [0.717, 1.165) is 53.7 Å². The van der Waals surface area contributed by atoms with Crippen LogP contribution in [0.25, 0.3) is 0 Å². The van der Waals surface area contributed by atoms with Gasteiger partial charge in [-0.2, -0.15) is 0 Å². The molecule has 0 saturated heterocycles. The summed E-state index contributed by atoms with van der Waals surface area (Å²) in [5, 5.41) is 16.5. The maximum absolute atomic E-state index is 9.90. The van der Waals surface area contributed by atoms with Crippen LogP contribution >= 0.6 is 0 Å². The van der Waals surface area contributed by atoms with Gasteiger partial charge in [0, 0.05) is 13.1 Å². The minimum Gasteiger partial charge on any atom is -0.507 e. The van der Waals surface area contributed by atoms with Crippen LogP contribution in [0.1, 0.15) is 29.2 Å². The van der Waals surface area contributed by atoms with Crippen molar-refractivity contribution in [3.8, 4) is 17.2 Å². The molecular weight excluding hydrogens is 342 g/mol. The Labute approximate surface area is 160 Å². The third-order valence-electron chi connectivity index (χ3n) is 4.46. The van der Waals surface area contributed by atoms with Crippen molar-refractivity contribution in [1.29, 1.82) is 0 Å². The molecule has 0 amide bonds. The number of aryl methyl sites for hydroxylation is 2. The molecule has 2 aromatic carbocycles. The number of phenolic OH excluding ortho intramolecular Hbond substituents is 1. The standard InChI is InChI=1S/C21H27N3O3/c1-4-22-21(24-12-17-9-14(2)20(25)15(3)10-17)23-8-7-16-5-6-18-19(11-16)27-13-26-18/h5-6,9-11,25H,4,7-8,12-13H2,1-3H3,(H2,22,23,24). The number of aromatic hydroxyl groups is 1. The molecule has 6 nitrogen and oxygen atoms in total. The molecule has 144 valence electrons. The molecular formula is C21H27N3O3. The van der Waals surface area contributed by atoms with Gasteiger partial charge in [0.1, 0.15) is 5.75 Å². The van der Waals surface area contributed by atoms with E-state index in [1.165, 1.54) is 5.56 Å². The van der Waals surface area contributed by atoms with Gasteiger partial charge >= 0.3 is 0 Å². The second-order valence-electron chi connectivity index (χ2n) is 6.64. The molecule has 6 heteroatoms. The molecule has 1 heterocycles. The average molecular weight is 369 g/mol. The summed E-state index contributed by atoms with van der Waals surface area (Å²) in [7, 11) is 0. The minimum absolute atomic E-state index is 0.296. The number of phenols is 1. The molecule has 1 aliphatic rings. The second kappa shape index (κ2) is 8.66. The smallest absolute Gasteiger partial charge is 0.231 e. The van der Waals surface area contributed by atoms with Gasteiger partial charge in [0.15, 0.2) is 17.5 Å². The maximum atomic E-state index is 9.90. The molecule has 0 unspecified atom stereocenters. The number of fused-ring (bicyclic) bond motifs is 1. The summed E-state index contributed by atoms with van der Waals surface area (Å²) >= 11 is 0. The molecule has 2 aromatic rings. The van der Waals surface area contributed by atoms with Gasteiger partial charge in [-0.25, -0.2) is 4.99 Å². The van der Waals surface area contributed by atoms with Crippen molar-refractivity contribution < 1.29 is 14.6 Å². The Morgan fingerprint density at radius 2 is 1.78 bits per heavy atom. The lowest BCUT2D eigenvalue weighted by molar-refractivity contribution is 0.174. The first-order valence-corrected chi connectivity index (χ1v) is 9.26. The van der Waals surface area contributed by atoms with Crippen LogP contribution in [0, 0.1) is 13.8 Å². The maximum Gasteiger partial charge on any atom is 0.231 e. The highest BCUT2D eigenvalue weighted by Gasteiger charge is 2.13. The van der Waals surface area contributed by atoms with E-state index in [0.29, 0.717) is 19.1 Å². The summed E-state index contributed by atoms with van der Waals surface area (Å²) in [6, 6.07) is 9.98. The van der Waals surface area contributed by atoms with Gasteiger partial charge in [-0.15, -0.1) is 0 Å². The lowest BCUT2D eigenvalue weighted by Crippen LogP contribution is -2.38. The Balaban J connectivity index is 1.57. The summed E-state index contributed by atoms with van der Waals surface area (Å²) in [5.74, 6) is 2.75. The third kappa shape index (κ3) is 4.84. The Hall–Kier alpha value is -2.89. The molecule has 3 N–H and O–H groups in total. The zero-order chi connectivity index (χ0) is 19.2. The fourth-order valence-corrected chi connectivity index (χ4v) is 3.07. The number of aliphatic imine (C=N–C) groups is 1. The summed E-state index contributed by atoms with van der Waals surface area (Å²) in [5.41, 5.74) is 4.02. The van der Waals surface area contributed by atoms with Gasteiger partial charge in [-0.3, -0.25) is 0 Å². The van der Waals surface area contributed by atoms with Crippen LogP contribution in [0.5, 0.6) is 17.2 Å². The van der Waals surface area contributed by atoms with E-state index < -0.39 is 0 Å². The Kier molecular flexibility index (Phi) is 6.06. The lowest BCUT2D eigenvalue weighted by Gasteiger charge is -2.12. The Morgan fingerprint density at radius 1 is 1.04 bits per heavy atom. The highest BCUT2D eigenvalue weighted by molar-refractivity contribution is 5.79. The van der Waals surface area contributed by atoms with Crippen molar-refractivity contribution in [2.75, 3.05) is 19.9 Å². The molecule has 0 aliphatic carbocycles. The topological polar surface area (TPSA) is 75.1 Å². The van der Waals surface area contributed by atoms with Crippen LogP contribution in [0.2, 0.25) is 0 Å². The first kappa shape index (κ1) is 18.9. The summed E-state index contributed by atoms with van der Waals surface area (Å²) in [6.07, 6.45) is 0.860. The number of hydrogen-bond acceptors (Lipinski definition) is 4. The third-order valence-corrected chi connectivity index (χ3v) is 4.46. The van der Waals surface area contributed by atoms with Crippen molar-refractivity contribution >= 4 is 5.96 Å². The van der Waals surface area contributed by atoms with Crippen LogP contribution < -0.4 is 20.1 Å². The van der Waals surface area contributed by atoms with Crippen LogP contribution in [-0.4, -0.2) is 30.9 Å². The quantitative estimate of drug-likeness (QED) is 0.539. The molecule has 0 bridgehead atoms. The number of guanidine groups is 1. The molecule has 27 heavy (non-hydrogen) atoms. The van der Waals surface area contributed by atoms with Crippen molar-refractivity contribution in [2.45, 2.75) is 33.7 Å². The van der Waals surface area contributed by atoms with E-state index in [4.69, 9.17) is 9.47 Å². The molecule has 1 aliphatic heterocycles. The van der Waals surface area contributed by atoms with Gasteiger partial charge < -0.3 is 25.2 Å². The molecule has 3 rings (SSSR count). The van der Waals surface area contributed by atoms with Gasteiger partial charge in [0.25, 0.3) is 0 Å². The summed E-state index contributed by atoms with van der Waals surface area (Å²) in [4.78, 5) is 4.65. The fraction of sp³-hybridized carbons (Fsp3) is 0.381. The summed E-state index contributed by atoms with van der Waals surface area (Å²) < 4.78 is 10.8. The molecule has 0 fully saturated rings. The van der Waals surface area contributed by atoms with E-state index >= 15 is 0 Å². The highest BCUT2D eigenvalue weighted by atomic mass is 16.7. The zero-order valence-electron chi connectivity index (χ0n) is 16.1. The van der Waals surface area contributed by atoms with E-state index in [9.17, 15) is 5.11 Å². The zero-order valence-corrected chi connectivity index (χ0v) is 16.1. The van der Waals surface area contributed by atoms with Gasteiger partial charge in [0.05, 0.1) is 6.54 Å². The predicted octanol–water partition coefficient (Wildman–Crippen LogP) is 3.04. The van der Waals surface area contributed by atoms with Gasteiger partial charge in [-0.1, -0.05) is 18.2 Å². The van der Waals surface area contributed by atoms with E-state index in [1.807, 2.05) is 45.0 Å². The number of hydrogen-bond donors (Lipinski definition) is 3. The monoisotopic (exact) mass is 369 g/mol. The van der Waals surface area contributed by atoms with Crippen molar-refractivity contribution in [1.82, 2.24) is 10.6 Å². The first-order chi connectivity index (χ1) is 13.1. The minimum atomic E-state index is 0.296. The Bertz CT molecular complexity index is 810. The van der Waals surface area contributed by atoms with Crippen molar-refractivity contribution in [2.24, 2.45) is 4.99 Å². The number of nitrogens with zero attached hydrogens (tertiary/aromatic N) is 1. The SMILES string of the molecule is CCNC(=NCc1cc(C)c(O)c(C)c1)NCCc1ccc2c(c1)OCO2. The van der Waals surface area contributed by atoms with E-state index in [-0.39, 0.29) is 0 Å². The first-order valence-electron chi connectivity index (χ1n) is 9.26. The van der Waals surface area contributed by atoms with E-state index in [2.05, 4.69) is 21.7 Å². The molecule has 0 saturated carbocycles. The average Bonchev–Trinajstić information content (AvgIpc) is 3.12. The van der Waals surface area contributed by atoms with Crippen LogP contribution in [0.15, 0.2) is 35.3 Å². The number of nitrogens with one attached hydrogen (secondary N) is 2. The fourth-order valence-electron chi connectivity index (χ4n) is 3.07. The van der Waals surface area contributed by atoms with Gasteiger partial charge in [0.2, 0.25) is 6.79 Å². The molecule has 0 aromatic heterocycles. The Morgan fingerprint density at radius 3 is 2.52 bits per heavy atom. The number of benzene rings is 2. The molecule has 0 spiro atoms. The number of ether oxygens (including phenoxy) is 2. The molecule has 0 atom stereocenters. The lowest BCUT2D eigenvalue weighted by atomic mass is 10.1. The van der Waals surface area contributed by atoms with Crippen LogP contribution in [0.4, 0.5) is 0 Å². The van der Waals surface area contributed by atoms with Crippen molar-refractivity contribution in [3.63, 3.8) is 0 Å². The predicted molar refractivity (Wildman–Crippen MR) is 107 cm³/mol. The van der Waals surface area contributed by atoms with E-state index in [1.54, 1.807) is 0 Å². The van der Waals surface area contributed by atoms with Crippen LogP contribution in [0.3, 0.4) is 0 Å². The van der Waals surface area contributed by atoms with Crippen LogP contribution in [-0.2, 0) is 13.0 Å². The van der Waals surface area contributed by atoms with Crippen molar-refractivity contribution in [3.05, 3.63) is 52.6 Å². The normalized spacial score (nSPS) is 12.9. The second-order valence-corrected chi connectivity index (χ2v) is 6.64. The largest absolute Gasteiger partial charge is 0.507 e. The number of rotatable bonds is 6. The highest BCUT2D eigenvalue weighted by Crippen LogP contribution is 2.32.